The molecule has 0 radical (unpaired) electrons. The van der Waals surface area contributed by atoms with Crippen LogP contribution in [-0.4, -0.2) is 36.8 Å². The van der Waals surface area contributed by atoms with Gasteiger partial charge >= 0.3 is 5.97 Å². The maximum atomic E-state index is 12.1. The Hall–Kier alpha value is -1.79. The van der Waals surface area contributed by atoms with Crippen LogP contribution in [0.5, 0.6) is 5.75 Å². The largest absolute Gasteiger partial charge is 0.480 e. The Morgan fingerprint density at radius 1 is 1.38 bits per heavy atom. The summed E-state index contributed by atoms with van der Waals surface area (Å²) in [4.78, 5) is 22.5. The fourth-order valence-corrected chi connectivity index (χ4v) is 2.27. The second-order valence-electron chi connectivity index (χ2n) is 4.70. The van der Waals surface area contributed by atoms with Crippen LogP contribution in [0.15, 0.2) is 18.2 Å². The van der Waals surface area contributed by atoms with Crippen LogP contribution < -0.4 is 10.1 Å². The molecule has 0 spiro atoms. The molecule has 6 nitrogen and oxygen atoms in total. The van der Waals surface area contributed by atoms with Crippen molar-refractivity contribution in [1.82, 2.24) is 0 Å². The van der Waals surface area contributed by atoms with Gasteiger partial charge in [-0.2, -0.15) is 0 Å². The van der Waals surface area contributed by atoms with Gasteiger partial charge in [0.1, 0.15) is 5.75 Å². The second kappa shape index (κ2) is 7.28. The first-order valence-corrected chi connectivity index (χ1v) is 6.97. The molecular formula is C14H16ClNO5. The predicted octanol–water partition coefficient (Wildman–Crippen LogP) is 2.17. The van der Waals surface area contributed by atoms with Crippen LogP contribution in [0.4, 0.5) is 5.69 Å². The van der Waals surface area contributed by atoms with Gasteiger partial charge in [0.2, 0.25) is 5.91 Å². The van der Waals surface area contributed by atoms with Gasteiger partial charge in [0.25, 0.3) is 0 Å². The van der Waals surface area contributed by atoms with Gasteiger partial charge in [0.05, 0.1) is 5.02 Å². The zero-order valence-electron chi connectivity index (χ0n) is 11.3. The van der Waals surface area contributed by atoms with Gasteiger partial charge < -0.3 is 19.9 Å². The third kappa shape index (κ3) is 4.61. The molecule has 0 aliphatic carbocycles. The molecule has 1 fully saturated rings. The standard InChI is InChI=1S/C14H16ClNO5/c15-11-7-10(1-2-12(11)21-8-13(17)18)16-14(19)9-3-5-20-6-4-9/h1-2,7,9H,3-6,8H2,(H,16,19)(H,17,18). The highest BCUT2D eigenvalue weighted by Crippen LogP contribution is 2.28. The molecule has 1 heterocycles. The highest BCUT2D eigenvalue weighted by molar-refractivity contribution is 6.32. The number of carboxylic acids is 1. The van der Waals surface area contributed by atoms with E-state index in [1.807, 2.05) is 0 Å². The first-order chi connectivity index (χ1) is 10.1. The first kappa shape index (κ1) is 15.6. The lowest BCUT2D eigenvalue weighted by atomic mass is 9.99. The average Bonchev–Trinajstić information content (AvgIpc) is 2.47. The number of carbonyl (C=O) groups excluding carboxylic acids is 1. The minimum atomic E-state index is -1.08. The molecule has 1 aliphatic heterocycles. The molecular weight excluding hydrogens is 298 g/mol. The number of anilines is 1. The van der Waals surface area contributed by atoms with Crippen molar-refractivity contribution in [1.29, 1.82) is 0 Å². The molecule has 0 unspecified atom stereocenters. The molecule has 1 aliphatic rings. The average molecular weight is 314 g/mol. The summed E-state index contributed by atoms with van der Waals surface area (Å²) in [7, 11) is 0. The van der Waals surface area contributed by atoms with E-state index in [0.29, 0.717) is 31.7 Å². The number of benzene rings is 1. The zero-order chi connectivity index (χ0) is 15.2. The third-order valence-corrected chi connectivity index (χ3v) is 3.44. The highest BCUT2D eigenvalue weighted by Gasteiger charge is 2.21. The molecule has 1 aromatic rings. The Labute approximate surface area is 127 Å². The number of hydrogen-bond donors (Lipinski definition) is 2. The van der Waals surface area contributed by atoms with E-state index in [0.717, 1.165) is 0 Å². The Morgan fingerprint density at radius 3 is 2.71 bits per heavy atom. The molecule has 1 saturated heterocycles. The van der Waals surface area contributed by atoms with E-state index >= 15 is 0 Å². The summed E-state index contributed by atoms with van der Waals surface area (Å²) in [6.45, 7) is 0.731. The molecule has 2 rings (SSSR count). The maximum absolute atomic E-state index is 12.1. The summed E-state index contributed by atoms with van der Waals surface area (Å²) in [6, 6.07) is 4.70. The second-order valence-corrected chi connectivity index (χ2v) is 5.11. The molecule has 0 aromatic heterocycles. The highest BCUT2D eigenvalue weighted by atomic mass is 35.5. The third-order valence-electron chi connectivity index (χ3n) is 3.14. The lowest BCUT2D eigenvalue weighted by Gasteiger charge is -2.21. The van der Waals surface area contributed by atoms with Crippen LogP contribution in [-0.2, 0) is 14.3 Å². The molecule has 1 amide bonds. The summed E-state index contributed by atoms with van der Waals surface area (Å²) < 4.78 is 10.2. The quantitative estimate of drug-likeness (QED) is 0.870. The van der Waals surface area contributed by atoms with Gasteiger partial charge in [-0.05, 0) is 31.0 Å². The van der Waals surface area contributed by atoms with Crippen LogP contribution >= 0.6 is 11.6 Å². The van der Waals surface area contributed by atoms with E-state index in [4.69, 9.17) is 26.2 Å². The van der Waals surface area contributed by atoms with Crippen molar-refractivity contribution < 1.29 is 24.2 Å². The fourth-order valence-electron chi connectivity index (χ4n) is 2.04. The zero-order valence-corrected chi connectivity index (χ0v) is 12.1. The van der Waals surface area contributed by atoms with E-state index < -0.39 is 12.6 Å². The number of rotatable bonds is 5. The number of halogens is 1. The summed E-state index contributed by atoms with van der Waals surface area (Å²) in [5.41, 5.74) is 0.555. The molecule has 114 valence electrons. The van der Waals surface area contributed by atoms with Crippen LogP contribution in [0.2, 0.25) is 5.02 Å². The van der Waals surface area contributed by atoms with Crippen molar-refractivity contribution in [3.63, 3.8) is 0 Å². The first-order valence-electron chi connectivity index (χ1n) is 6.59. The number of aliphatic carboxylic acids is 1. The van der Waals surface area contributed by atoms with Gasteiger partial charge in [-0.3, -0.25) is 4.79 Å². The lowest BCUT2D eigenvalue weighted by Crippen LogP contribution is -2.28. The Morgan fingerprint density at radius 2 is 2.10 bits per heavy atom. The van der Waals surface area contributed by atoms with E-state index in [1.54, 1.807) is 6.07 Å². The number of nitrogens with one attached hydrogen (secondary N) is 1. The van der Waals surface area contributed by atoms with E-state index in [1.165, 1.54) is 12.1 Å². The normalized spacial score (nSPS) is 15.5. The monoisotopic (exact) mass is 313 g/mol. The van der Waals surface area contributed by atoms with Gasteiger partial charge in [-0.1, -0.05) is 11.6 Å². The van der Waals surface area contributed by atoms with Crippen LogP contribution in [0.1, 0.15) is 12.8 Å². The number of carbonyl (C=O) groups is 2. The number of hydrogen-bond acceptors (Lipinski definition) is 4. The summed E-state index contributed by atoms with van der Waals surface area (Å²) in [5, 5.41) is 11.6. The maximum Gasteiger partial charge on any atom is 0.341 e. The van der Waals surface area contributed by atoms with Crippen molar-refractivity contribution >= 4 is 29.2 Å². The van der Waals surface area contributed by atoms with Crippen LogP contribution in [0.25, 0.3) is 0 Å². The molecule has 21 heavy (non-hydrogen) atoms. The van der Waals surface area contributed by atoms with E-state index in [9.17, 15) is 9.59 Å². The molecule has 0 atom stereocenters. The van der Waals surface area contributed by atoms with Gasteiger partial charge in [0, 0.05) is 24.8 Å². The number of amides is 1. The van der Waals surface area contributed by atoms with Gasteiger partial charge in [-0.25, -0.2) is 4.79 Å². The summed E-state index contributed by atoms with van der Waals surface area (Å²) in [6.07, 6.45) is 1.42. The lowest BCUT2D eigenvalue weighted by molar-refractivity contribution is -0.139. The Bertz CT molecular complexity index is 528. The van der Waals surface area contributed by atoms with E-state index in [2.05, 4.69) is 5.32 Å². The Kier molecular flexibility index (Phi) is 5.41. The molecule has 1 aromatic carbocycles. The summed E-state index contributed by atoms with van der Waals surface area (Å²) >= 11 is 5.99. The van der Waals surface area contributed by atoms with E-state index in [-0.39, 0.29) is 22.6 Å². The Balaban J connectivity index is 1.95. The number of ether oxygens (including phenoxy) is 2. The predicted molar refractivity (Wildman–Crippen MR) is 76.8 cm³/mol. The fraction of sp³-hybridized carbons (Fsp3) is 0.429. The molecule has 0 bridgehead atoms. The number of carboxylic acid groups (broad SMARTS) is 1. The topological polar surface area (TPSA) is 84.9 Å². The van der Waals surface area contributed by atoms with Crippen LogP contribution in [0.3, 0.4) is 0 Å². The molecule has 0 saturated carbocycles. The van der Waals surface area contributed by atoms with Crippen LogP contribution in [0, 0.1) is 5.92 Å². The summed E-state index contributed by atoms with van der Waals surface area (Å²) in [5.74, 6) is -0.930. The smallest absolute Gasteiger partial charge is 0.341 e. The SMILES string of the molecule is O=C(O)COc1ccc(NC(=O)C2CCOCC2)cc1Cl. The van der Waals surface area contributed by atoms with Crippen molar-refractivity contribution in [2.75, 3.05) is 25.1 Å². The van der Waals surface area contributed by atoms with Crippen molar-refractivity contribution in [2.24, 2.45) is 5.92 Å². The molecule has 7 heteroatoms. The minimum absolute atomic E-state index is 0.0551. The van der Waals surface area contributed by atoms with Gasteiger partial charge in [-0.15, -0.1) is 0 Å². The molecule has 2 N–H and O–H groups in total. The van der Waals surface area contributed by atoms with Crippen molar-refractivity contribution in [3.8, 4) is 5.75 Å². The minimum Gasteiger partial charge on any atom is -0.480 e. The van der Waals surface area contributed by atoms with Crippen molar-refractivity contribution in [2.45, 2.75) is 12.8 Å². The van der Waals surface area contributed by atoms with Crippen molar-refractivity contribution in [3.05, 3.63) is 23.2 Å². The van der Waals surface area contributed by atoms with Gasteiger partial charge in [0.15, 0.2) is 6.61 Å².